The number of benzene rings is 2. The topological polar surface area (TPSA) is 119 Å². The zero-order valence-corrected chi connectivity index (χ0v) is 19.5. The van der Waals surface area contributed by atoms with E-state index >= 15 is 0 Å². The van der Waals surface area contributed by atoms with Gasteiger partial charge in [-0.3, -0.25) is 14.4 Å². The Bertz CT molecular complexity index is 1330. The Hall–Kier alpha value is -3.98. The number of nitrogens with one attached hydrogen (secondary N) is 2. The van der Waals surface area contributed by atoms with E-state index in [0.29, 0.717) is 11.4 Å². The molecule has 0 saturated heterocycles. The molecule has 0 radical (unpaired) electrons. The monoisotopic (exact) mass is 475 g/mol. The molecule has 0 saturated carbocycles. The lowest BCUT2D eigenvalue weighted by Crippen LogP contribution is -2.31. The van der Waals surface area contributed by atoms with Crippen molar-refractivity contribution in [3.8, 4) is 0 Å². The molecule has 1 atom stereocenters. The van der Waals surface area contributed by atoms with Crippen molar-refractivity contribution < 1.29 is 14.4 Å². The van der Waals surface area contributed by atoms with Crippen LogP contribution in [0, 0.1) is 0 Å². The quantitative estimate of drug-likeness (QED) is 0.343. The third-order valence-electron chi connectivity index (χ3n) is 5.57. The Balaban J connectivity index is 1.42. The van der Waals surface area contributed by atoms with Gasteiger partial charge < -0.3 is 20.9 Å². The second-order valence-corrected chi connectivity index (χ2v) is 8.80. The lowest BCUT2D eigenvalue weighted by molar-refractivity contribution is -0.124. The first-order valence-corrected chi connectivity index (χ1v) is 11.7. The number of carbonyl (C=O) groups excluding carboxylic acids is 3. The van der Waals surface area contributed by atoms with Crippen LogP contribution in [0.2, 0.25) is 0 Å². The van der Waals surface area contributed by atoms with Crippen molar-refractivity contribution in [2.75, 3.05) is 5.32 Å². The van der Waals surface area contributed by atoms with Crippen LogP contribution in [0.15, 0.2) is 66.0 Å². The molecule has 34 heavy (non-hydrogen) atoms. The normalized spacial score (nSPS) is 11.8. The van der Waals surface area contributed by atoms with Gasteiger partial charge in [0.15, 0.2) is 0 Å². The number of aromatic nitrogens is 2. The van der Waals surface area contributed by atoms with E-state index < -0.39 is 5.91 Å². The first-order chi connectivity index (χ1) is 16.4. The predicted octanol–water partition coefficient (Wildman–Crippen LogP) is 3.55. The minimum Gasteiger partial charge on any atom is -0.366 e. The number of hydrogen-bond donors (Lipinski definition) is 3. The first-order valence-electron chi connectivity index (χ1n) is 10.8. The van der Waals surface area contributed by atoms with Crippen LogP contribution in [0.4, 0.5) is 5.00 Å². The fraction of sp³-hybridized carbons (Fsp3) is 0.200. The van der Waals surface area contributed by atoms with Crippen LogP contribution >= 0.6 is 11.3 Å². The van der Waals surface area contributed by atoms with Gasteiger partial charge >= 0.3 is 0 Å². The summed E-state index contributed by atoms with van der Waals surface area (Å²) in [6, 6.07) is 18.8. The second-order valence-electron chi connectivity index (χ2n) is 7.89. The molecule has 0 fully saturated rings. The van der Waals surface area contributed by atoms with Crippen LogP contribution in [0.3, 0.4) is 0 Å². The Morgan fingerprint density at radius 1 is 1.00 bits per heavy atom. The maximum atomic E-state index is 12.8. The van der Waals surface area contributed by atoms with Gasteiger partial charge in [0.25, 0.3) is 5.91 Å². The summed E-state index contributed by atoms with van der Waals surface area (Å²) in [5.74, 6) is -0.359. The number of imidazole rings is 1. The van der Waals surface area contributed by atoms with Gasteiger partial charge in [-0.25, -0.2) is 4.98 Å². The first kappa shape index (κ1) is 23.2. The van der Waals surface area contributed by atoms with E-state index in [4.69, 9.17) is 10.7 Å². The summed E-state index contributed by atoms with van der Waals surface area (Å²) >= 11 is 1.21. The zero-order chi connectivity index (χ0) is 24.1. The Labute approximate surface area is 200 Å². The zero-order valence-electron chi connectivity index (χ0n) is 18.7. The summed E-state index contributed by atoms with van der Waals surface area (Å²) in [4.78, 5) is 41.3. The van der Waals surface area contributed by atoms with Crippen molar-refractivity contribution in [2.24, 2.45) is 12.8 Å². The van der Waals surface area contributed by atoms with E-state index in [1.165, 1.54) is 11.3 Å². The maximum absolute atomic E-state index is 12.8. The second kappa shape index (κ2) is 10.3. The molecule has 2 heterocycles. The smallest absolute Gasteiger partial charge is 0.251 e. The van der Waals surface area contributed by atoms with E-state index in [1.54, 1.807) is 11.4 Å². The lowest BCUT2D eigenvalue weighted by atomic mass is 10.0. The largest absolute Gasteiger partial charge is 0.366 e. The molecule has 9 heteroatoms. The van der Waals surface area contributed by atoms with Crippen molar-refractivity contribution in [3.05, 3.63) is 83.0 Å². The Morgan fingerprint density at radius 3 is 2.44 bits per heavy atom. The summed E-state index contributed by atoms with van der Waals surface area (Å²) in [7, 11) is 1.96. The van der Waals surface area contributed by atoms with Gasteiger partial charge in [-0.2, -0.15) is 0 Å². The van der Waals surface area contributed by atoms with E-state index in [0.717, 1.165) is 22.4 Å². The van der Waals surface area contributed by atoms with Gasteiger partial charge in [-0.15, -0.1) is 11.3 Å². The number of anilines is 1. The number of amides is 3. The third-order valence-corrected chi connectivity index (χ3v) is 6.40. The SMILES string of the molecule is Cn1c(CC(NC(=O)CCC(=O)Nc2sccc2C(N)=O)c2ccccc2)nc2ccccc21. The van der Waals surface area contributed by atoms with Gasteiger partial charge in [-0.1, -0.05) is 42.5 Å². The number of nitrogens with zero attached hydrogens (tertiary/aromatic N) is 2. The molecule has 4 aromatic rings. The van der Waals surface area contributed by atoms with Crippen molar-refractivity contribution >= 4 is 45.1 Å². The van der Waals surface area contributed by atoms with E-state index in [2.05, 4.69) is 10.6 Å². The Kier molecular flexibility index (Phi) is 7.03. The van der Waals surface area contributed by atoms with Crippen molar-refractivity contribution in [1.29, 1.82) is 0 Å². The van der Waals surface area contributed by atoms with Crippen molar-refractivity contribution in [2.45, 2.75) is 25.3 Å². The van der Waals surface area contributed by atoms with Crippen LogP contribution in [0.5, 0.6) is 0 Å². The van der Waals surface area contributed by atoms with Crippen molar-refractivity contribution in [3.63, 3.8) is 0 Å². The van der Waals surface area contributed by atoms with Crippen LogP contribution < -0.4 is 16.4 Å². The number of carbonyl (C=O) groups is 3. The molecular formula is C25H25N5O3S. The Morgan fingerprint density at radius 2 is 1.71 bits per heavy atom. The van der Waals surface area contributed by atoms with E-state index in [-0.39, 0.29) is 36.3 Å². The molecule has 2 aromatic carbocycles. The molecule has 0 aliphatic carbocycles. The van der Waals surface area contributed by atoms with Crippen molar-refractivity contribution in [1.82, 2.24) is 14.9 Å². The molecule has 3 amide bonds. The summed E-state index contributed by atoms with van der Waals surface area (Å²) in [6.45, 7) is 0. The molecular weight excluding hydrogens is 450 g/mol. The van der Waals surface area contributed by atoms with Gasteiger partial charge in [0.1, 0.15) is 10.8 Å². The minimum atomic E-state index is -0.609. The van der Waals surface area contributed by atoms with E-state index in [9.17, 15) is 14.4 Å². The number of rotatable bonds is 9. The fourth-order valence-electron chi connectivity index (χ4n) is 3.78. The summed E-state index contributed by atoms with van der Waals surface area (Å²) < 4.78 is 2.03. The van der Waals surface area contributed by atoms with Gasteiger partial charge in [-0.05, 0) is 29.1 Å². The molecule has 174 valence electrons. The number of fused-ring (bicyclic) bond motifs is 1. The highest BCUT2D eigenvalue weighted by molar-refractivity contribution is 7.14. The molecule has 4 N–H and O–H groups in total. The lowest BCUT2D eigenvalue weighted by Gasteiger charge is -2.19. The van der Waals surface area contributed by atoms with Gasteiger partial charge in [0, 0.05) is 26.3 Å². The molecule has 4 rings (SSSR count). The number of aryl methyl sites for hydroxylation is 1. The third kappa shape index (κ3) is 5.32. The average Bonchev–Trinajstić information content (AvgIpc) is 3.42. The molecule has 0 bridgehead atoms. The number of thiophene rings is 1. The van der Waals surface area contributed by atoms with Crippen LogP contribution in [0.25, 0.3) is 11.0 Å². The molecule has 0 aliphatic heterocycles. The summed E-state index contributed by atoms with van der Waals surface area (Å²) in [5.41, 5.74) is 8.45. The highest BCUT2D eigenvalue weighted by Gasteiger charge is 2.20. The summed E-state index contributed by atoms with van der Waals surface area (Å²) in [6.07, 6.45) is 0.495. The fourth-order valence-corrected chi connectivity index (χ4v) is 4.59. The summed E-state index contributed by atoms with van der Waals surface area (Å²) in [5, 5.41) is 7.78. The van der Waals surface area contributed by atoms with Crippen LogP contribution in [-0.4, -0.2) is 27.3 Å². The van der Waals surface area contributed by atoms with Crippen LogP contribution in [-0.2, 0) is 23.1 Å². The van der Waals surface area contributed by atoms with Gasteiger partial charge in [0.05, 0.1) is 22.6 Å². The molecule has 8 nitrogen and oxygen atoms in total. The maximum Gasteiger partial charge on any atom is 0.251 e. The number of hydrogen-bond acceptors (Lipinski definition) is 5. The number of nitrogens with two attached hydrogens (primary N) is 1. The molecule has 0 spiro atoms. The minimum absolute atomic E-state index is 0.00892. The van der Waals surface area contributed by atoms with Gasteiger partial charge in [0.2, 0.25) is 11.8 Å². The molecule has 0 aliphatic rings. The van der Waals surface area contributed by atoms with Crippen LogP contribution in [0.1, 0.15) is 40.6 Å². The standard InChI is InChI=1S/C25H25N5O3S/c1-30-20-10-6-5-9-18(20)27-21(30)15-19(16-7-3-2-4-8-16)28-22(31)11-12-23(32)29-25-17(24(26)33)13-14-34-25/h2-10,13-14,19H,11-12,15H2,1H3,(H2,26,33)(H,28,31)(H,29,32). The molecule has 1 unspecified atom stereocenters. The predicted molar refractivity (Wildman–Crippen MR) is 132 cm³/mol. The average molecular weight is 476 g/mol. The van der Waals surface area contributed by atoms with E-state index in [1.807, 2.05) is 66.2 Å². The number of primary amides is 1. The highest BCUT2D eigenvalue weighted by atomic mass is 32.1. The molecule has 2 aromatic heterocycles. The number of para-hydroxylation sites is 2. The highest BCUT2D eigenvalue weighted by Crippen LogP contribution is 2.24.